The number of carbonyl (C=O) groups is 1. The van der Waals surface area contributed by atoms with Crippen molar-refractivity contribution in [2.24, 2.45) is 0 Å². The van der Waals surface area contributed by atoms with Crippen molar-refractivity contribution in [3.63, 3.8) is 0 Å². The number of rotatable bonds is 4. The van der Waals surface area contributed by atoms with E-state index in [1.165, 1.54) is 22.6 Å². The third-order valence-corrected chi connectivity index (χ3v) is 5.79. The predicted octanol–water partition coefficient (Wildman–Crippen LogP) is 2.97. The van der Waals surface area contributed by atoms with Crippen LogP contribution in [0.5, 0.6) is 0 Å². The van der Waals surface area contributed by atoms with Crippen LogP contribution in [0.15, 0.2) is 50.8 Å². The van der Waals surface area contributed by atoms with Gasteiger partial charge in [0, 0.05) is 22.3 Å². The van der Waals surface area contributed by atoms with Crippen LogP contribution in [0.3, 0.4) is 0 Å². The summed E-state index contributed by atoms with van der Waals surface area (Å²) in [6.45, 7) is 0. The van der Waals surface area contributed by atoms with Gasteiger partial charge in [-0.25, -0.2) is 4.79 Å². The molecular weight excluding hydrogens is 296 g/mol. The van der Waals surface area contributed by atoms with Gasteiger partial charge in [0.1, 0.15) is 0 Å². The van der Waals surface area contributed by atoms with Crippen molar-refractivity contribution in [3.05, 3.63) is 47.7 Å². The Morgan fingerprint density at radius 1 is 1.35 bits per heavy atom. The molecule has 20 heavy (non-hydrogen) atoms. The molecule has 2 heterocycles. The second kappa shape index (κ2) is 5.46. The Kier molecular flexibility index (Phi) is 3.67. The van der Waals surface area contributed by atoms with E-state index in [0.717, 1.165) is 5.75 Å². The van der Waals surface area contributed by atoms with E-state index in [1.807, 2.05) is 12.1 Å². The van der Waals surface area contributed by atoms with E-state index in [1.54, 1.807) is 11.8 Å². The molecule has 1 aliphatic heterocycles. The van der Waals surface area contributed by atoms with E-state index in [9.17, 15) is 9.00 Å². The quantitative estimate of drug-likeness (QED) is 0.940. The molecule has 0 amide bonds. The highest BCUT2D eigenvalue weighted by Gasteiger charge is 2.26. The molecule has 1 N–H and O–H groups in total. The fourth-order valence-electron chi connectivity index (χ4n) is 2.19. The number of hydrogen-bond acceptors (Lipinski definition) is 4. The lowest BCUT2D eigenvalue weighted by Gasteiger charge is -2.08. The molecule has 2 unspecified atom stereocenters. The molecule has 1 aromatic heterocycles. The maximum absolute atomic E-state index is 12.3. The van der Waals surface area contributed by atoms with Gasteiger partial charge in [0.25, 0.3) is 0 Å². The second-order valence-corrected chi connectivity index (χ2v) is 6.97. The SMILES string of the molecule is O=C(O)c1ccc(S(=O)CC2CSc3ccccc32)o1. The van der Waals surface area contributed by atoms with Crippen LogP contribution in [0.25, 0.3) is 0 Å². The van der Waals surface area contributed by atoms with Gasteiger partial charge in [-0.2, -0.15) is 0 Å². The van der Waals surface area contributed by atoms with E-state index >= 15 is 0 Å². The second-order valence-electron chi connectivity index (χ2n) is 4.48. The minimum absolute atomic E-state index is 0.172. The minimum atomic E-state index is -1.32. The standard InChI is InChI=1S/C14H12O4S2/c15-14(16)11-5-6-13(18-11)20(17)8-9-7-19-12-4-2-1-3-10(9)12/h1-6,9H,7-8H2,(H,15,16). The normalized spacial score (nSPS) is 18.7. The zero-order valence-electron chi connectivity index (χ0n) is 10.4. The Labute approximate surface area is 122 Å². The average Bonchev–Trinajstić information content (AvgIpc) is 3.06. The summed E-state index contributed by atoms with van der Waals surface area (Å²) in [6, 6.07) is 10.9. The Morgan fingerprint density at radius 3 is 2.90 bits per heavy atom. The van der Waals surface area contributed by atoms with E-state index in [0.29, 0.717) is 5.75 Å². The molecule has 0 bridgehead atoms. The first-order valence-corrected chi connectivity index (χ1v) is 8.39. The van der Waals surface area contributed by atoms with Crippen LogP contribution >= 0.6 is 11.8 Å². The van der Waals surface area contributed by atoms with Crippen LogP contribution in [0.1, 0.15) is 22.0 Å². The number of fused-ring (bicyclic) bond motifs is 1. The first-order chi connectivity index (χ1) is 9.65. The molecule has 0 saturated carbocycles. The average molecular weight is 308 g/mol. The number of carboxylic acid groups (broad SMARTS) is 1. The number of aromatic carboxylic acids is 1. The van der Waals surface area contributed by atoms with Gasteiger partial charge in [-0.05, 0) is 23.8 Å². The maximum Gasteiger partial charge on any atom is 0.371 e. The summed E-state index contributed by atoms with van der Waals surface area (Å²) in [5, 5.41) is 9.03. The third-order valence-electron chi connectivity index (χ3n) is 3.17. The fraction of sp³-hybridized carbons (Fsp3) is 0.214. The Morgan fingerprint density at radius 2 is 2.15 bits per heavy atom. The van der Waals surface area contributed by atoms with Crippen molar-refractivity contribution in [2.45, 2.75) is 15.9 Å². The van der Waals surface area contributed by atoms with Gasteiger partial charge in [0.2, 0.25) is 5.76 Å². The van der Waals surface area contributed by atoms with Gasteiger partial charge in [0.15, 0.2) is 5.09 Å². The van der Waals surface area contributed by atoms with Crippen molar-refractivity contribution < 1.29 is 18.5 Å². The molecule has 4 nitrogen and oxygen atoms in total. The summed E-state index contributed by atoms with van der Waals surface area (Å²) < 4.78 is 17.4. The van der Waals surface area contributed by atoms with Crippen molar-refractivity contribution >= 4 is 28.5 Å². The summed E-state index contributed by atoms with van der Waals surface area (Å²) in [5.41, 5.74) is 1.22. The molecule has 0 saturated heterocycles. The molecule has 0 spiro atoms. The topological polar surface area (TPSA) is 67.5 Å². The number of hydrogen-bond donors (Lipinski definition) is 1. The van der Waals surface area contributed by atoms with Gasteiger partial charge in [-0.1, -0.05) is 18.2 Å². The fourth-order valence-corrected chi connectivity index (χ4v) is 4.82. The number of thioether (sulfide) groups is 1. The number of benzene rings is 1. The summed E-state index contributed by atoms with van der Waals surface area (Å²) in [4.78, 5) is 12.0. The lowest BCUT2D eigenvalue weighted by Crippen LogP contribution is -2.09. The van der Waals surface area contributed by atoms with Crippen LogP contribution in [-0.2, 0) is 10.8 Å². The van der Waals surface area contributed by atoms with Crippen LogP contribution in [0, 0.1) is 0 Å². The summed E-state index contributed by atoms with van der Waals surface area (Å²) in [5.74, 6) is 0.258. The minimum Gasteiger partial charge on any atom is -0.475 e. The number of furan rings is 1. The van der Waals surface area contributed by atoms with Crippen LogP contribution in [0.4, 0.5) is 0 Å². The van der Waals surface area contributed by atoms with Crippen molar-refractivity contribution in [1.82, 2.24) is 0 Å². The summed E-state index contributed by atoms with van der Waals surface area (Å²) in [6.07, 6.45) is 0. The Balaban J connectivity index is 1.75. The molecule has 3 rings (SSSR count). The highest BCUT2D eigenvalue weighted by Crippen LogP contribution is 2.40. The van der Waals surface area contributed by atoms with Gasteiger partial charge in [0.05, 0.1) is 10.8 Å². The molecule has 6 heteroatoms. The number of carboxylic acids is 1. The van der Waals surface area contributed by atoms with Crippen molar-refractivity contribution in [1.29, 1.82) is 0 Å². The first kappa shape index (κ1) is 13.5. The van der Waals surface area contributed by atoms with Gasteiger partial charge in [-0.15, -0.1) is 11.8 Å². The Hall–Kier alpha value is -1.53. The van der Waals surface area contributed by atoms with Gasteiger partial charge >= 0.3 is 5.97 Å². The molecule has 1 aliphatic rings. The van der Waals surface area contributed by atoms with Gasteiger partial charge in [-0.3, -0.25) is 4.21 Å². The largest absolute Gasteiger partial charge is 0.475 e. The van der Waals surface area contributed by atoms with E-state index < -0.39 is 16.8 Å². The monoisotopic (exact) mass is 308 g/mol. The molecule has 2 aromatic rings. The predicted molar refractivity (Wildman–Crippen MR) is 76.8 cm³/mol. The van der Waals surface area contributed by atoms with Crippen molar-refractivity contribution in [3.8, 4) is 0 Å². The van der Waals surface area contributed by atoms with Gasteiger partial charge < -0.3 is 9.52 Å². The van der Waals surface area contributed by atoms with Crippen LogP contribution < -0.4 is 0 Å². The molecule has 104 valence electrons. The van der Waals surface area contributed by atoms with E-state index in [-0.39, 0.29) is 16.8 Å². The summed E-state index contributed by atoms with van der Waals surface area (Å²) >= 11 is 1.76. The molecule has 2 atom stereocenters. The smallest absolute Gasteiger partial charge is 0.371 e. The molecule has 1 aromatic carbocycles. The lowest BCUT2D eigenvalue weighted by atomic mass is 10.0. The lowest BCUT2D eigenvalue weighted by molar-refractivity contribution is 0.0656. The zero-order chi connectivity index (χ0) is 14.1. The van der Waals surface area contributed by atoms with E-state index in [4.69, 9.17) is 9.52 Å². The molecule has 0 radical (unpaired) electrons. The maximum atomic E-state index is 12.3. The molecule has 0 fully saturated rings. The molecule has 0 aliphatic carbocycles. The third kappa shape index (κ3) is 2.53. The zero-order valence-corrected chi connectivity index (χ0v) is 12.1. The highest BCUT2D eigenvalue weighted by molar-refractivity contribution is 7.99. The highest BCUT2D eigenvalue weighted by atomic mass is 32.2. The van der Waals surface area contributed by atoms with Crippen LogP contribution in [-0.4, -0.2) is 26.8 Å². The summed E-state index contributed by atoms with van der Waals surface area (Å²) in [7, 11) is -1.32. The van der Waals surface area contributed by atoms with E-state index in [2.05, 4.69) is 12.1 Å². The Bertz CT molecular complexity index is 677. The first-order valence-electron chi connectivity index (χ1n) is 6.08. The van der Waals surface area contributed by atoms with Crippen LogP contribution in [0.2, 0.25) is 0 Å². The van der Waals surface area contributed by atoms with Crippen molar-refractivity contribution in [2.75, 3.05) is 11.5 Å². The molecular formula is C14H12O4S2.